The summed E-state index contributed by atoms with van der Waals surface area (Å²) in [6.07, 6.45) is 0.777. The number of amides is 3. The number of nitrogens with zero attached hydrogens (tertiary/aromatic N) is 2. The molecule has 0 aromatic heterocycles. The second kappa shape index (κ2) is 8.82. The Balaban J connectivity index is 1.55. The van der Waals surface area contributed by atoms with Crippen LogP contribution in [0.25, 0.3) is 0 Å². The van der Waals surface area contributed by atoms with Crippen LogP contribution >= 0.6 is 24.0 Å². The first-order valence-electron chi connectivity index (χ1n) is 12.3. The van der Waals surface area contributed by atoms with Crippen molar-refractivity contribution in [3.05, 3.63) is 102 Å². The van der Waals surface area contributed by atoms with Gasteiger partial charge in [0.25, 0.3) is 17.1 Å². The van der Waals surface area contributed by atoms with E-state index in [1.807, 2.05) is 91.9 Å². The van der Waals surface area contributed by atoms with Crippen molar-refractivity contribution in [2.24, 2.45) is 0 Å². The molecule has 0 unspecified atom stereocenters. The van der Waals surface area contributed by atoms with Crippen LogP contribution in [0.2, 0.25) is 0 Å². The van der Waals surface area contributed by atoms with Gasteiger partial charge in [0.2, 0.25) is 0 Å². The van der Waals surface area contributed by atoms with Crippen molar-refractivity contribution in [2.45, 2.75) is 36.1 Å². The zero-order valence-corrected chi connectivity index (χ0v) is 21.9. The summed E-state index contributed by atoms with van der Waals surface area (Å²) in [6, 6.07) is 26.6. The van der Waals surface area contributed by atoms with Crippen molar-refractivity contribution in [3.8, 4) is 0 Å². The number of hydrogen-bond donors (Lipinski definition) is 1. The van der Waals surface area contributed by atoms with E-state index in [4.69, 9.17) is 12.2 Å². The van der Waals surface area contributed by atoms with Crippen LogP contribution in [0.1, 0.15) is 36.0 Å². The number of benzene rings is 3. The number of carbonyl (C=O) groups excluding carboxylic acids is 3. The number of carbonyl (C=O) groups is 3. The van der Waals surface area contributed by atoms with E-state index in [2.05, 4.69) is 5.32 Å². The van der Waals surface area contributed by atoms with Crippen molar-refractivity contribution in [3.63, 3.8) is 0 Å². The van der Waals surface area contributed by atoms with Gasteiger partial charge in [0.15, 0.2) is 10.3 Å². The second-order valence-corrected chi connectivity index (χ2v) is 11.2. The molecule has 2 saturated heterocycles. The largest absolute Gasteiger partial charge is 0.360 e. The van der Waals surface area contributed by atoms with Crippen LogP contribution < -0.4 is 10.2 Å². The number of imide groups is 1. The Labute approximate surface area is 225 Å². The second-order valence-electron chi connectivity index (χ2n) is 9.56. The Bertz CT molecular complexity index is 1430. The lowest BCUT2D eigenvalue weighted by Crippen LogP contribution is -2.52. The molecule has 3 atom stereocenters. The standard InChI is InChI=1S/C29H25N3O3S2/c1-2-17-31-22-16-10-9-15-21(22)28(25(31)33)23(20-13-7-4-8-14-20)29(24(36)30-28)26(34)32(27(35)37-29)18-19-11-5-3-6-12-19/h3-16,23H,2,17-18H2,1H3,(H,30,36)/t23-,28+,29-/m1/s1. The Morgan fingerprint density at radius 3 is 2.22 bits per heavy atom. The van der Waals surface area contributed by atoms with Crippen LogP contribution in [-0.4, -0.2) is 38.2 Å². The third-order valence-corrected chi connectivity index (χ3v) is 9.37. The molecule has 6 rings (SSSR count). The fraction of sp³-hybridized carbons (Fsp3) is 0.241. The fourth-order valence-electron chi connectivity index (χ4n) is 5.98. The van der Waals surface area contributed by atoms with E-state index in [0.717, 1.165) is 40.6 Å². The molecular formula is C29H25N3O3S2. The minimum atomic E-state index is -1.44. The monoisotopic (exact) mass is 527 g/mol. The van der Waals surface area contributed by atoms with Gasteiger partial charge in [0.05, 0.1) is 12.5 Å². The van der Waals surface area contributed by atoms with Gasteiger partial charge in [-0.05, 0) is 35.4 Å². The molecule has 37 heavy (non-hydrogen) atoms. The van der Waals surface area contributed by atoms with Gasteiger partial charge >= 0.3 is 0 Å². The lowest BCUT2D eigenvalue weighted by Gasteiger charge is -2.35. The highest BCUT2D eigenvalue weighted by Gasteiger charge is 2.75. The number of anilines is 1. The van der Waals surface area contributed by atoms with E-state index in [1.54, 1.807) is 4.90 Å². The number of hydrogen-bond acceptors (Lipinski definition) is 5. The molecule has 1 N–H and O–H groups in total. The third kappa shape index (κ3) is 3.25. The molecule has 2 fully saturated rings. The van der Waals surface area contributed by atoms with Gasteiger partial charge in [0, 0.05) is 17.8 Å². The van der Waals surface area contributed by atoms with E-state index >= 15 is 0 Å². The summed E-state index contributed by atoms with van der Waals surface area (Å²) in [6.45, 7) is 2.72. The molecule has 3 aliphatic heterocycles. The molecule has 3 heterocycles. The van der Waals surface area contributed by atoms with E-state index in [0.29, 0.717) is 6.54 Å². The molecule has 0 saturated carbocycles. The van der Waals surface area contributed by atoms with Crippen molar-refractivity contribution in [2.75, 3.05) is 11.4 Å². The lowest BCUT2D eigenvalue weighted by molar-refractivity contribution is -0.129. The van der Waals surface area contributed by atoms with Gasteiger partial charge in [-0.2, -0.15) is 0 Å². The van der Waals surface area contributed by atoms with Crippen LogP contribution in [0, 0.1) is 0 Å². The summed E-state index contributed by atoms with van der Waals surface area (Å²) in [5.41, 5.74) is 1.93. The van der Waals surface area contributed by atoms with Crippen molar-refractivity contribution < 1.29 is 14.4 Å². The molecule has 3 aromatic carbocycles. The average molecular weight is 528 g/mol. The average Bonchev–Trinajstić information content (AvgIpc) is 3.42. The predicted octanol–water partition coefficient (Wildman–Crippen LogP) is 4.99. The molecule has 6 nitrogen and oxygen atoms in total. The van der Waals surface area contributed by atoms with Gasteiger partial charge in [-0.15, -0.1) is 0 Å². The summed E-state index contributed by atoms with van der Waals surface area (Å²) in [5.74, 6) is -1.24. The van der Waals surface area contributed by atoms with Crippen molar-refractivity contribution in [1.82, 2.24) is 10.2 Å². The SMILES string of the molecule is CCCN1C(=O)[C@]2(NC(=S)[C@]3(SC(=O)N(Cc4ccccc4)C3=O)[C@@H]2c2ccccc2)c2ccccc21. The smallest absolute Gasteiger partial charge is 0.290 e. The molecule has 0 radical (unpaired) electrons. The van der Waals surface area contributed by atoms with E-state index < -0.39 is 16.2 Å². The van der Waals surface area contributed by atoms with Crippen molar-refractivity contribution in [1.29, 1.82) is 0 Å². The quantitative estimate of drug-likeness (QED) is 0.472. The highest BCUT2D eigenvalue weighted by Crippen LogP contribution is 2.62. The summed E-state index contributed by atoms with van der Waals surface area (Å²) in [7, 11) is 0. The Morgan fingerprint density at radius 2 is 1.51 bits per heavy atom. The first-order chi connectivity index (χ1) is 17.9. The molecule has 8 heteroatoms. The maximum atomic E-state index is 14.4. The normalized spacial score (nSPS) is 26.5. The van der Waals surface area contributed by atoms with Crippen LogP contribution in [0.3, 0.4) is 0 Å². The number of rotatable bonds is 5. The Morgan fingerprint density at radius 1 is 0.865 bits per heavy atom. The van der Waals surface area contributed by atoms with Crippen LogP contribution in [0.4, 0.5) is 10.5 Å². The summed E-state index contributed by atoms with van der Waals surface area (Å²) in [5, 5.41) is 3.00. The van der Waals surface area contributed by atoms with Crippen LogP contribution in [0.5, 0.6) is 0 Å². The number of thiocarbonyl (C=S) groups is 1. The topological polar surface area (TPSA) is 69.7 Å². The number of nitrogens with one attached hydrogen (secondary N) is 1. The Kier molecular flexibility index (Phi) is 5.69. The van der Waals surface area contributed by atoms with Gasteiger partial charge in [-0.3, -0.25) is 19.3 Å². The molecule has 3 aromatic rings. The molecular weight excluding hydrogens is 502 g/mol. The van der Waals surface area contributed by atoms with Gasteiger partial charge in [-0.1, -0.05) is 98.0 Å². The molecule has 3 amide bonds. The number of para-hydroxylation sites is 1. The zero-order valence-electron chi connectivity index (χ0n) is 20.2. The summed E-state index contributed by atoms with van der Waals surface area (Å²) in [4.78, 5) is 45.5. The van der Waals surface area contributed by atoms with Gasteiger partial charge in [-0.25, -0.2) is 0 Å². The highest BCUT2D eigenvalue weighted by atomic mass is 32.2. The zero-order chi connectivity index (χ0) is 25.8. The molecule has 186 valence electrons. The van der Waals surface area contributed by atoms with Crippen LogP contribution in [-0.2, 0) is 21.7 Å². The number of fused-ring (bicyclic) bond motifs is 2. The van der Waals surface area contributed by atoms with Gasteiger partial charge < -0.3 is 10.2 Å². The maximum absolute atomic E-state index is 14.4. The molecule has 0 bridgehead atoms. The predicted molar refractivity (Wildman–Crippen MR) is 148 cm³/mol. The fourth-order valence-corrected chi connectivity index (χ4v) is 7.78. The van der Waals surface area contributed by atoms with Crippen LogP contribution in [0.15, 0.2) is 84.9 Å². The number of thioether (sulfide) groups is 1. The first-order valence-corrected chi connectivity index (χ1v) is 13.6. The first kappa shape index (κ1) is 23.9. The minimum absolute atomic E-state index is 0.147. The highest BCUT2D eigenvalue weighted by molar-refractivity contribution is 8.17. The third-order valence-electron chi connectivity index (χ3n) is 7.48. The summed E-state index contributed by atoms with van der Waals surface area (Å²) >= 11 is 6.84. The van der Waals surface area contributed by atoms with E-state index in [9.17, 15) is 14.4 Å². The molecule has 0 aliphatic carbocycles. The minimum Gasteiger partial charge on any atom is -0.360 e. The Hall–Kier alpha value is -3.49. The van der Waals surface area contributed by atoms with Gasteiger partial charge in [0.1, 0.15) is 4.99 Å². The maximum Gasteiger partial charge on any atom is 0.290 e. The molecule has 3 aliphatic rings. The lowest BCUT2D eigenvalue weighted by atomic mass is 9.71. The molecule has 2 spiro atoms. The van der Waals surface area contributed by atoms with E-state index in [-0.39, 0.29) is 28.6 Å². The van der Waals surface area contributed by atoms with Crippen molar-refractivity contribution >= 4 is 51.7 Å². The van der Waals surface area contributed by atoms with E-state index in [1.165, 1.54) is 4.90 Å². The summed E-state index contributed by atoms with van der Waals surface area (Å²) < 4.78 is -1.44.